The van der Waals surface area contributed by atoms with Crippen LogP contribution in [0.5, 0.6) is 11.5 Å². The maximum atomic E-state index is 13.2. The SMILES string of the molecule is COc1ccc(NC(=O)Cn2c(=O)n(CCc3cccs3)c(=O)c3sccc32)c(OC)c1. The maximum absolute atomic E-state index is 13.2. The molecule has 0 aliphatic heterocycles. The highest BCUT2D eigenvalue weighted by molar-refractivity contribution is 7.17. The van der Waals surface area contributed by atoms with Crippen molar-refractivity contribution in [1.29, 1.82) is 0 Å². The molecule has 0 aliphatic carbocycles. The molecule has 10 heteroatoms. The molecule has 32 heavy (non-hydrogen) atoms. The summed E-state index contributed by atoms with van der Waals surface area (Å²) in [5.74, 6) is 0.618. The second-order valence-corrected chi connectivity index (χ2v) is 8.85. The van der Waals surface area contributed by atoms with E-state index in [1.807, 2.05) is 17.5 Å². The van der Waals surface area contributed by atoms with Crippen LogP contribution in [-0.2, 0) is 24.3 Å². The van der Waals surface area contributed by atoms with E-state index >= 15 is 0 Å². The lowest BCUT2D eigenvalue weighted by molar-refractivity contribution is -0.116. The molecule has 0 saturated heterocycles. The van der Waals surface area contributed by atoms with Crippen LogP contribution in [0, 0.1) is 0 Å². The minimum atomic E-state index is -0.505. The third kappa shape index (κ3) is 4.32. The Morgan fingerprint density at radius 3 is 2.59 bits per heavy atom. The van der Waals surface area contributed by atoms with Gasteiger partial charge in [0.15, 0.2) is 0 Å². The number of anilines is 1. The lowest BCUT2D eigenvalue weighted by Crippen LogP contribution is -2.41. The first-order valence-corrected chi connectivity index (χ1v) is 11.5. The second-order valence-electron chi connectivity index (χ2n) is 6.90. The molecule has 0 bridgehead atoms. The van der Waals surface area contributed by atoms with Gasteiger partial charge in [-0.05, 0) is 41.4 Å². The fourth-order valence-corrected chi connectivity index (χ4v) is 4.94. The van der Waals surface area contributed by atoms with Gasteiger partial charge in [0.05, 0.1) is 25.4 Å². The van der Waals surface area contributed by atoms with Crippen molar-refractivity contribution in [1.82, 2.24) is 9.13 Å². The van der Waals surface area contributed by atoms with Crippen molar-refractivity contribution < 1.29 is 14.3 Å². The van der Waals surface area contributed by atoms with Crippen molar-refractivity contribution in [2.75, 3.05) is 19.5 Å². The maximum Gasteiger partial charge on any atom is 0.332 e. The number of benzene rings is 1. The molecule has 3 heterocycles. The molecule has 0 aliphatic rings. The van der Waals surface area contributed by atoms with Gasteiger partial charge in [0, 0.05) is 17.5 Å². The minimum absolute atomic E-state index is 0.236. The quantitative estimate of drug-likeness (QED) is 0.426. The van der Waals surface area contributed by atoms with Crippen LogP contribution < -0.4 is 26.0 Å². The smallest absolute Gasteiger partial charge is 0.332 e. The molecule has 0 spiro atoms. The van der Waals surface area contributed by atoms with Crippen molar-refractivity contribution in [3.8, 4) is 11.5 Å². The van der Waals surface area contributed by atoms with E-state index in [-0.39, 0.29) is 18.6 Å². The summed E-state index contributed by atoms with van der Waals surface area (Å²) in [6.07, 6.45) is 0.568. The third-order valence-electron chi connectivity index (χ3n) is 4.98. The zero-order chi connectivity index (χ0) is 22.7. The molecule has 1 aromatic carbocycles. The summed E-state index contributed by atoms with van der Waals surface area (Å²) >= 11 is 2.83. The number of amides is 1. The van der Waals surface area contributed by atoms with E-state index in [0.717, 1.165) is 4.88 Å². The normalized spacial score (nSPS) is 10.9. The number of aromatic nitrogens is 2. The fourth-order valence-electron chi connectivity index (χ4n) is 3.40. The van der Waals surface area contributed by atoms with Crippen LogP contribution in [0.4, 0.5) is 5.69 Å². The molecule has 4 aromatic rings. The number of aryl methyl sites for hydroxylation is 1. The van der Waals surface area contributed by atoms with Gasteiger partial charge in [0.1, 0.15) is 22.7 Å². The highest BCUT2D eigenvalue weighted by atomic mass is 32.1. The van der Waals surface area contributed by atoms with E-state index in [1.54, 1.807) is 48.1 Å². The number of methoxy groups -OCH3 is 2. The summed E-state index contributed by atoms with van der Waals surface area (Å²) in [6, 6.07) is 10.6. The Balaban J connectivity index is 1.64. The monoisotopic (exact) mass is 471 g/mol. The number of hydrogen-bond acceptors (Lipinski definition) is 7. The zero-order valence-corrected chi connectivity index (χ0v) is 19.1. The Morgan fingerprint density at radius 2 is 1.88 bits per heavy atom. The molecule has 166 valence electrons. The average Bonchev–Trinajstić information content (AvgIpc) is 3.49. The number of ether oxygens (including phenoxy) is 2. The number of fused-ring (bicyclic) bond motifs is 1. The Morgan fingerprint density at radius 1 is 1.03 bits per heavy atom. The molecule has 0 unspecified atom stereocenters. The topological polar surface area (TPSA) is 91.6 Å². The van der Waals surface area contributed by atoms with Gasteiger partial charge in [0.2, 0.25) is 5.91 Å². The molecule has 0 radical (unpaired) electrons. The van der Waals surface area contributed by atoms with E-state index in [1.165, 1.54) is 27.6 Å². The predicted molar refractivity (Wildman–Crippen MR) is 127 cm³/mol. The average molecular weight is 472 g/mol. The van der Waals surface area contributed by atoms with Crippen molar-refractivity contribution in [3.05, 3.63) is 72.9 Å². The Hall–Kier alpha value is -3.37. The van der Waals surface area contributed by atoms with Crippen LogP contribution in [-0.4, -0.2) is 29.3 Å². The van der Waals surface area contributed by atoms with E-state index < -0.39 is 11.6 Å². The van der Waals surface area contributed by atoms with Gasteiger partial charge >= 0.3 is 5.69 Å². The Bertz CT molecular complexity index is 1370. The zero-order valence-electron chi connectivity index (χ0n) is 17.5. The molecule has 4 rings (SSSR count). The van der Waals surface area contributed by atoms with Gasteiger partial charge in [-0.3, -0.25) is 18.7 Å². The number of nitrogens with one attached hydrogen (secondary N) is 1. The summed E-state index contributed by atoms with van der Waals surface area (Å²) in [7, 11) is 3.03. The lowest BCUT2D eigenvalue weighted by Gasteiger charge is -2.14. The van der Waals surface area contributed by atoms with Crippen LogP contribution in [0.3, 0.4) is 0 Å². The second kappa shape index (κ2) is 9.41. The standard InChI is InChI=1S/C22H21N3O5S2/c1-29-14-5-6-16(18(12-14)30-2)23-19(26)13-25-17-8-11-32-20(17)21(27)24(22(25)28)9-7-15-4-3-10-31-15/h3-6,8,10-12H,7,9,13H2,1-2H3,(H,23,26). The van der Waals surface area contributed by atoms with Crippen LogP contribution in [0.2, 0.25) is 0 Å². The molecule has 8 nitrogen and oxygen atoms in total. The van der Waals surface area contributed by atoms with Gasteiger partial charge in [-0.25, -0.2) is 4.79 Å². The van der Waals surface area contributed by atoms with Crippen LogP contribution in [0.1, 0.15) is 4.88 Å². The van der Waals surface area contributed by atoms with Gasteiger partial charge in [-0.2, -0.15) is 0 Å². The molecular formula is C22H21N3O5S2. The van der Waals surface area contributed by atoms with E-state index in [9.17, 15) is 14.4 Å². The summed E-state index contributed by atoms with van der Waals surface area (Å²) < 4.78 is 13.5. The van der Waals surface area contributed by atoms with Crippen molar-refractivity contribution in [2.24, 2.45) is 0 Å². The van der Waals surface area contributed by atoms with Crippen molar-refractivity contribution in [2.45, 2.75) is 19.5 Å². The molecule has 1 N–H and O–H groups in total. The van der Waals surface area contributed by atoms with Crippen molar-refractivity contribution in [3.63, 3.8) is 0 Å². The number of carbonyl (C=O) groups excluding carboxylic acids is 1. The number of nitrogens with zero attached hydrogens (tertiary/aromatic N) is 2. The number of carbonyl (C=O) groups is 1. The number of rotatable bonds is 8. The first kappa shape index (κ1) is 21.8. The van der Waals surface area contributed by atoms with Gasteiger partial charge in [-0.1, -0.05) is 6.07 Å². The van der Waals surface area contributed by atoms with Gasteiger partial charge in [-0.15, -0.1) is 22.7 Å². The Labute approximate surface area is 191 Å². The highest BCUT2D eigenvalue weighted by Crippen LogP contribution is 2.29. The van der Waals surface area contributed by atoms with E-state index in [0.29, 0.717) is 33.8 Å². The van der Waals surface area contributed by atoms with Crippen LogP contribution in [0.25, 0.3) is 10.2 Å². The predicted octanol–water partition coefficient (Wildman–Crippen LogP) is 3.18. The summed E-state index contributed by atoms with van der Waals surface area (Å²) in [5, 5.41) is 6.47. The summed E-state index contributed by atoms with van der Waals surface area (Å²) in [6.45, 7) is 0.0144. The van der Waals surface area contributed by atoms with E-state index in [2.05, 4.69) is 5.32 Å². The summed E-state index contributed by atoms with van der Waals surface area (Å²) in [5.41, 5.74) is 0.0764. The number of thiophene rings is 2. The molecule has 3 aromatic heterocycles. The molecule has 1 amide bonds. The van der Waals surface area contributed by atoms with E-state index in [4.69, 9.17) is 9.47 Å². The number of hydrogen-bond donors (Lipinski definition) is 1. The fraction of sp³-hybridized carbons (Fsp3) is 0.227. The van der Waals surface area contributed by atoms with Gasteiger partial charge < -0.3 is 14.8 Å². The largest absolute Gasteiger partial charge is 0.497 e. The van der Waals surface area contributed by atoms with Crippen LogP contribution in [0.15, 0.2) is 56.7 Å². The molecule has 0 saturated carbocycles. The van der Waals surface area contributed by atoms with Crippen molar-refractivity contribution >= 4 is 44.5 Å². The highest BCUT2D eigenvalue weighted by Gasteiger charge is 2.17. The first-order chi connectivity index (χ1) is 15.5. The Kier molecular flexibility index (Phi) is 6.42. The summed E-state index contributed by atoms with van der Waals surface area (Å²) in [4.78, 5) is 40.0. The molecular weight excluding hydrogens is 450 g/mol. The van der Waals surface area contributed by atoms with Crippen LogP contribution >= 0.6 is 22.7 Å². The van der Waals surface area contributed by atoms with Gasteiger partial charge in [0.25, 0.3) is 5.56 Å². The lowest BCUT2D eigenvalue weighted by atomic mass is 10.2. The molecule has 0 atom stereocenters. The molecule has 0 fully saturated rings. The first-order valence-electron chi connectivity index (χ1n) is 9.77. The third-order valence-corrected chi connectivity index (χ3v) is 6.81. The minimum Gasteiger partial charge on any atom is -0.497 e.